The van der Waals surface area contributed by atoms with Gasteiger partial charge in [0.2, 0.25) is 0 Å². The Morgan fingerprint density at radius 2 is 2.05 bits per heavy atom. The third-order valence-corrected chi connectivity index (χ3v) is 4.14. The largest absolute Gasteiger partial charge is 0.463 e. The highest BCUT2D eigenvalue weighted by atomic mass is 28.4. The van der Waals surface area contributed by atoms with Crippen molar-refractivity contribution in [3.63, 3.8) is 0 Å². The molecule has 0 saturated carbocycles. The van der Waals surface area contributed by atoms with E-state index < -0.39 is 44.0 Å². The molecule has 1 fully saturated rings. The van der Waals surface area contributed by atoms with Gasteiger partial charge in [0, 0.05) is 5.92 Å². The highest BCUT2D eigenvalue weighted by molar-refractivity contribution is 6.70. The normalized spacial score (nSPS) is 31.9. The second-order valence-electron chi connectivity index (χ2n) is 6.07. The Balaban J connectivity index is 3.23. The van der Waals surface area contributed by atoms with Crippen LogP contribution in [0.15, 0.2) is 0 Å². The van der Waals surface area contributed by atoms with Crippen LogP contribution in [0.3, 0.4) is 0 Å². The molecule has 1 rings (SSSR count). The van der Waals surface area contributed by atoms with Crippen molar-refractivity contribution >= 4 is 20.3 Å². The van der Waals surface area contributed by atoms with E-state index in [1.54, 1.807) is 13.8 Å². The van der Waals surface area contributed by atoms with Crippen molar-refractivity contribution in [1.82, 2.24) is 0 Å². The lowest BCUT2D eigenvalue weighted by atomic mass is 9.86. The van der Waals surface area contributed by atoms with Gasteiger partial charge in [0.25, 0.3) is 5.60 Å². The number of aliphatic hydroxyl groups is 1. The fourth-order valence-corrected chi connectivity index (χ4v) is 3.73. The Bertz CT molecular complexity index is 389. The van der Waals surface area contributed by atoms with E-state index in [2.05, 4.69) is 0 Å². The maximum atomic E-state index is 12.3. The first-order chi connectivity index (χ1) is 9.06. The molecule has 0 radical (unpaired) electrons. The number of rotatable bonds is 5. The third kappa shape index (κ3) is 3.04. The predicted molar refractivity (Wildman–Crippen MR) is 74.5 cm³/mol. The van der Waals surface area contributed by atoms with Gasteiger partial charge in [-0.2, -0.15) is 0 Å². The van der Waals surface area contributed by atoms with Crippen molar-refractivity contribution in [3.05, 3.63) is 0 Å². The fourth-order valence-electron chi connectivity index (χ4n) is 2.41. The van der Waals surface area contributed by atoms with Crippen LogP contribution >= 0.6 is 0 Å². The summed E-state index contributed by atoms with van der Waals surface area (Å²) in [4.78, 5) is 24.6. The van der Waals surface area contributed by atoms with E-state index in [-0.39, 0.29) is 6.61 Å². The first-order valence-electron chi connectivity index (χ1n) is 6.82. The van der Waals surface area contributed by atoms with Crippen LogP contribution in [0.25, 0.3) is 0 Å². The van der Waals surface area contributed by atoms with E-state index in [1.807, 2.05) is 19.6 Å². The molecule has 0 aromatic rings. The summed E-state index contributed by atoms with van der Waals surface area (Å²) in [5, 5.41) is 9.71. The molecule has 0 aromatic heterocycles. The molecule has 0 aromatic carbocycles. The average molecular weight is 304 g/mol. The van der Waals surface area contributed by atoms with Crippen molar-refractivity contribution in [2.75, 3.05) is 6.61 Å². The Labute approximate surface area is 120 Å². The maximum Gasteiger partial charge on any atom is 0.350 e. The van der Waals surface area contributed by atoms with Crippen LogP contribution in [-0.4, -0.2) is 49.8 Å². The van der Waals surface area contributed by atoms with Crippen molar-refractivity contribution in [3.8, 4) is 0 Å². The van der Waals surface area contributed by atoms with Gasteiger partial charge in [-0.05, 0) is 33.5 Å². The average Bonchev–Trinajstić information content (AvgIpc) is 2.53. The zero-order valence-corrected chi connectivity index (χ0v) is 13.9. The minimum Gasteiger partial charge on any atom is -0.463 e. The highest BCUT2D eigenvalue weighted by Gasteiger charge is 2.65. The molecule has 0 spiro atoms. The number of carbonyl (C=O) groups excluding carboxylic acids is 2. The van der Waals surface area contributed by atoms with Crippen molar-refractivity contribution in [2.24, 2.45) is 5.92 Å². The Hall–Kier alpha value is -0.923. The lowest BCUT2D eigenvalue weighted by Crippen LogP contribution is -2.57. The lowest BCUT2D eigenvalue weighted by molar-refractivity contribution is -0.174. The van der Waals surface area contributed by atoms with E-state index >= 15 is 0 Å². The number of carbonyl (C=O) groups is 2. The minimum absolute atomic E-state index is 0.148. The zero-order valence-electron chi connectivity index (χ0n) is 12.9. The summed E-state index contributed by atoms with van der Waals surface area (Å²) in [7, 11) is -2.22. The molecule has 4 atom stereocenters. The van der Waals surface area contributed by atoms with Crippen molar-refractivity contribution < 1.29 is 28.6 Å². The Morgan fingerprint density at radius 1 is 1.50 bits per heavy atom. The molecular weight excluding hydrogens is 280 g/mol. The third-order valence-electron chi connectivity index (χ3n) is 3.20. The van der Waals surface area contributed by atoms with Gasteiger partial charge >= 0.3 is 11.9 Å². The molecule has 0 aliphatic carbocycles. The van der Waals surface area contributed by atoms with Gasteiger partial charge in [0.1, 0.15) is 6.10 Å². The summed E-state index contributed by atoms with van der Waals surface area (Å²) in [6.45, 7) is 10.6. The summed E-state index contributed by atoms with van der Waals surface area (Å²) in [5.41, 5.74) is -1.76. The Morgan fingerprint density at radius 3 is 2.40 bits per heavy atom. The van der Waals surface area contributed by atoms with Gasteiger partial charge in [0.15, 0.2) is 8.32 Å². The number of hydrogen-bond acceptors (Lipinski definition) is 6. The van der Waals surface area contributed by atoms with Crippen LogP contribution in [0.1, 0.15) is 20.8 Å². The Kier molecular flexibility index (Phi) is 4.99. The summed E-state index contributed by atoms with van der Waals surface area (Å²) >= 11 is 0. The smallest absolute Gasteiger partial charge is 0.350 e. The van der Waals surface area contributed by atoms with Gasteiger partial charge in [-0.3, -0.25) is 0 Å². The molecule has 1 aliphatic rings. The molecular formula is C13H24O6Si. The van der Waals surface area contributed by atoms with E-state index in [1.165, 1.54) is 6.92 Å². The summed E-state index contributed by atoms with van der Waals surface area (Å²) in [5.74, 6) is -2.11. The number of ether oxygens (including phenoxy) is 2. The van der Waals surface area contributed by atoms with Gasteiger partial charge in [0.05, 0.1) is 12.7 Å². The second-order valence-corrected chi connectivity index (χ2v) is 10.5. The van der Waals surface area contributed by atoms with E-state index in [4.69, 9.17) is 13.9 Å². The first-order valence-corrected chi connectivity index (χ1v) is 10.2. The highest BCUT2D eigenvalue weighted by Crippen LogP contribution is 2.39. The van der Waals surface area contributed by atoms with Crippen LogP contribution in [0, 0.1) is 5.92 Å². The van der Waals surface area contributed by atoms with Crippen LogP contribution in [0.4, 0.5) is 0 Å². The van der Waals surface area contributed by atoms with E-state index in [0.717, 1.165) is 0 Å². The minimum atomic E-state index is -2.22. The monoisotopic (exact) mass is 304 g/mol. The van der Waals surface area contributed by atoms with Gasteiger partial charge in [-0.1, -0.05) is 6.92 Å². The molecule has 1 saturated heterocycles. The number of esters is 2. The van der Waals surface area contributed by atoms with Gasteiger partial charge < -0.3 is 19.0 Å². The molecule has 116 valence electrons. The molecule has 7 heteroatoms. The zero-order chi connectivity index (χ0) is 15.7. The van der Waals surface area contributed by atoms with Crippen molar-refractivity contribution in [1.29, 1.82) is 0 Å². The molecule has 0 bridgehead atoms. The fraction of sp³-hybridized carbons (Fsp3) is 0.846. The molecule has 20 heavy (non-hydrogen) atoms. The van der Waals surface area contributed by atoms with Crippen LogP contribution < -0.4 is 0 Å². The predicted octanol–water partition coefficient (Wildman–Crippen LogP) is 1.08. The SMILES string of the molecule is CCOC(=O)[C@]1(O[Si](C)(C)C)C(=O)O[C@@H]([C@H](C)O)[C@@H]1C. The molecule has 1 N–H and O–H groups in total. The number of hydrogen-bond donors (Lipinski definition) is 1. The summed E-state index contributed by atoms with van der Waals surface area (Å²) in [6.07, 6.45) is -1.65. The van der Waals surface area contributed by atoms with E-state index in [9.17, 15) is 14.7 Å². The number of cyclic esters (lactones) is 1. The van der Waals surface area contributed by atoms with Crippen LogP contribution in [0.2, 0.25) is 19.6 Å². The summed E-state index contributed by atoms with van der Waals surface area (Å²) in [6, 6.07) is 0. The van der Waals surface area contributed by atoms with Gasteiger partial charge in [-0.25, -0.2) is 9.59 Å². The quantitative estimate of drug-likeness (QED) is 0.465. The summed E-state index contributed by atoms with van der Waals surface area (Å²) < 4.78 is 16.1. The first kappa shape index (κ1) is 17.1. The second kappa shape index (κ2) is 5.83. The van der Waals surface area contributed by atoms with Crippen LogP contribution in [0.5, 0.6) is 0 Å². The van der Waals surface area contributed by atoms with E-state index in [0.29, 0.717) is 0 Å². The lowest BCUT2D eigenvalue weighted by Gasteiger charge is -2.34. The van der Waals surface area contributed by atoms with Gasteiger partial charge in [-0.15, -0.1) is 0 Å². The molecule has 1 heterocycles. The van der Waals surface area contributed by atoms with Crippen LogP contribution in [-0.2, 0) is 23.5 Å². The maximum absolute atomic E-state index is 12.3. The molecule has 1 aliphatic heterocycles. The molecule has 0 unspecified atom stereocenters. The molecule has 0 amide bonds. The standard InChI is InChI=1S/C13H24O6Si/c1-7-17-11(15)13(19-20(4,5)6)8(2)10(9(3)14)18-12(13)16/h8-10,14H,7H2,1-6H3/t8-,9-,10+,13-/m0/s1. The number of aliphatic hydroxyl groups excluding tert-OH is 1. The topological polar surface area (TPSA) is 82.1 Å². The van der Waals surface area contributed by atoms with Crippen molar-refractivity contribution in [2.45, 2.75) is 58.2 Å². The molecule has 6 nitrogen and oxygen atoms in total.